The molecule has 0 spiro atoms. The molecular formula is C18H21N3O3. The number of nitrogens with zero attached hydrogens (tertiary/aromatic N) is 2. The molecule has 6 heteroatoms. The highest BCUT2D eigenvalue weighted by molar-refractivity contribution is 5.91. The van der Waals surface area contributed by atoms with E-state index < -0.39 is 0 Å². The largest absolute Gasteiger partial charge is 0.459 e. The molecule has 2 fully saturated rings. The van der Waals surface area contributed by atoms with Crippen molar-refractivity contribution in [2.24, 2.45) is 11.8 Å². The molecule has 2 aliphatic heterocycles. The number of nitrogens with one attached hydrogen (secondary N) is 1. The summed E-state index contributed by atoms with van der Waals surface area (Å²) in [7, 11) is 0. The molecular weight excluding hydrogens is 306 g/mol. The summed E-state index contributed by atoms with van der Waals surface area (Å²) in [4.78, 5) is 18.6. The molecule has 2 aliphatic rings. The van der Waals surface area contributed by atoms with Crippen molar-refractivity contribution >= 4 is 5.91 Å². The Balaban J connectivity index is 1.30. The van der Waals surface area contributed by atoms with E-state index in [1.54, 1.807) is 18.3 Å². The van der Waals surface area contributed by atoms with Gasteiger partial charge >= 0.3 is 0 Å². The lowest BCUT2D eigenvalue weighted by atomic mass is 9.93. The Bertz CT molecular complexity index is 674. The van der Waals surface area contributed by atoms with Gasteiger partial charge in [0.05, 0.1) is 19.0 Å². The molecule has 1 N–H and O–H groups in total. The van der Waals surface area contributed by atoms with Crippen LogP contribution in [0.1, 0.15) is 16.1 Å². The Hall–Kier alpha value is -2.18. The minimum Gasteiger partial charge on any atom is -0.459 e. The summed E-state index contributed by atoms with van der Waals surface area (Å²) in [5.74, 6) is 1.02. The van der Waals surface area contributed by atoms with Gasteiger partial charge in [-0.1, -0.05) is 6.07 Å². The second-order valence-corrected chi connectivity index (χ2v) is 6.54. The molecule has 24 heavy (non-hydrogen) atoms. The van der Waals surface area contributed by atoms with E-state index in [0.29, 0.717) is 30.7 Å². The van der Waals surface area contributed by atoms with Gasteiger partial charge in [-0.25, -0.2) is 0 Å². The second-order valence-electron chi connectivity index (χ2n) is 6.54. The second kappa shape index (κ2) is 6.75. The fourth-order valence-electron chi connectivity index (χ4n) is 3.69. The molecule has 0 radical (unpaired) electrons. The van der Waals surface area contributed by atoms with Crippen LogP contribution in [-0.4, -0.2) is 48.1 Å². The van der Waals surface area contributed by atoms with Crippen LogP contribution in [0.15, 0.2) is 47.3 Å². The zero-order chi connectivity index (χ0) is 16.4. The lowest BCUT2D eigenvalue weighted by molar-refractivity contribution is 0.0887. The monoisotopic (exact) mass is 327 g/mol. The number of amides is 1. The molecule has 126 valence electrons. The van der Waals surface area contributed by atoms with Gasteiger partial charge in [0, 0.05) is 50.4 Å². The van der Waals surface area contributed by atoms with Gasteiger partial charge in [0.2, 0.25) is 0 Å². The van der Waals surface area contributed by atoms with Gasteiger partial charge in [0.1, 0.15) is 0 Å². The third-order valence-electron chi connectivity index (χ3n) is 4.91. The highest BCUT2D eigenvalue weighted by Crippen LogP contribution is 2.34. The average Bonchev–Trinajstić information content (AvgIpc) is 3.31. The number of pyridine rings is 1. The van der Waals surface area contributed by atoms with Gasteiger partial charge in [-0.15, -0.1) is 0 Å². The van der Waals surface area contributed by atoms with Crippen molar-refractivity contribution in [2.45, 2.75) is 12.6 Å². The van der Waals surface area contributed by atoms with Crippen molar-refractivity contribution < 1.29 is 13.9 Å². The van der Waals surface area contributed by atoms with Gasteiger partial charge in [-0.2, -0.15) is 0 Å². The number of ether oxygens (including phenoxy) is 1. The quantitative estimate of drug-likeness (QED) is 0.902. The van der Waals surface area contributed by atoms with Gasteiger partial charge in [0.25, 0.3) is 5.91 Å². The Morgan fingerprint density at radius 3 is 3.08 bits per heavy atom. The molecule has 6 nitrogen and oxygen atoms in total. The number of carbonyl (C=O) groups excluding carboxylic acids is 1. The lowest BCUT2D eigenvalue weighted by Crippen LogP contribution is -2.34. The smallest absolute Gasteiger partial charge is 0.286 e. The Kier molecular flexibility index (Phi) is 4.32. The molecule has 4 heterocycles. The minimum absolute atomic E-state index is 0.159. The summed E-state index contributed by atoms with van der Waals surface area (Å²) in [5.41, 5.74) is 1.22. The van der Waals surface area contributed by atoms with E-state index in [4.69, 9.17) is 9.15 Å². The number of furan rings is 1. The Morgan fingerprint density at radius 2 is 2.29 bits per heavy atom. The first-order chi connectivity index (χ1) is 11.8. The number of aromatic nitrogens is 1. The van der Waals surface area contributed by atoms with E-state index in [2.05, 4.69) is 21.3 Å². The van der Waals surface area contributed by atoms with E-state index in [-0.39, 0.29) is 12.0 Å². The van der Waals surface area contributed by atoms with Crippen LogP contribution < -0.4 is 5.32 Å². The lowest BCUT2D eigenvalue weighted by Gasteiger charge is -2.19. The maximum absolute atomic E-state index is 12.0. The number of hydrogen-bond acceptors (Lipinski definition) is 5. The van der Waals surface area contributed by atoms with Crippen molar-refractivity contribution in [1.82, 2.24) is 15.2 Å². The molecule has 0 aromatic carbocycles. The average molecular weight is 327 g/mol. The van der Waals surface area contributed by atoms with Crippen LogP contribution in [0.25, 0.3) is 0 Å². The van der Waals surface area contributed by atoms with E-state index in [9.17, 15) is 4.79 Å². The van der Waals surface area contributed by atoms with Crippen LogP contribution in [0, 0.1) is 11.8 Å². The molecule has 0 saturated carbocycles. The summed E-state index contributed by atoms with van der Waals surface area (Å²) in [6.45, 7) is 4.19. The van der Waals surface area contributed by atoms with Crippen molar-refractivity contribution in [3.63, 3.8) is 0 Å². The highest BCUT2D eigenvalue weighted by atomic mass is 16.5. The fraction of sp³-hybridized carbons (Fsp3) is 0.444. The Morgan fingerprint density at radius 1 is 1.33 bits per heavy atom. The standard InChI is InChI=1S/C18H21N3O3/c22-18(16-4-2-6-23-16)20-8-14-12-24-17-11-21(10-15(14)17)9-13-3-1-5-19-7-13/h1-7,14-15,17H,8-12H2,(H,20,22)/t14-,15+,17+/m1/s1. The number of likely N-dealkylation sites (tertiary alicyclic amines) is 1. The third-order valence-corrected chi connectivity index (χ3v) is 4.91. The van der Waals surface area contributed by atoms with Crippen LogP contribution >= 0.6 is 0 Å². The zero-order valence-corrected chi connectivity index (χ0v) is 13.4. The first-order valence-corrected chi connectivity index (χ1v) is 8.34. The van der Waals surface area contributed by atoms with Crippen LogP contribution in [-0.2, 0) is 11.3 Å². The van der Waals surface area contributed by atoms with Gasteiger partial charge < -0.3 is 14.5 Å². The fourth-order valence-corrected chi connectivity index (χ4v) is 3.69. The maximum Gasteiger partial charge on any atom is 0.286 e. The molecule has 0 bridgehead atoms. The Labute approximate surface area is 140 Å². The van der Waals surface area contributed by atoms with E-state index in [0.717, 1.165) is 19.6 Å². The predicted octanol–water partition coefficient (Wildman–Crippen LogP) is 1.55. The zero-order valence-electron chi connectivity index (χ0n) is 13.4. The molecule has 3 atom stereocenters. The van der Waals surface area contributed by atoms with Crippen molar-refractivity contribution in [2.75, 3.05) is 26.2 Å². The molecule has 1 amide bonds. The minimum atomic E-state index is -0.159. The maximum atomic E-state index is 12.0. The first-order valence-electron chi connectivity index (χ1n) is 8.34. The van der Waals surface area contributed by atoms with Gasteiger partial charge in [-0.05, 0) is 23.8 Å². The normalized spacial score (nSPS) is 26.4. The molecule has 4 rings (SSSR count). The first kappa shape index (κ1) is 15.4. The topological polar surface area (TPSA) is 67.6 Å². The van der Waals surface area contributed by atoms with Crippen LogP contribution in [0.4, 0.5) is 0 Å². The third kappa shape index (κ3) is 3.20. The van der Waals surface area contributed by atoms with Crippen molar-refractivity contribution in [1.29, 1.82) is 0 Å². The van der Waals surface area contributed by atoms with Crippen LogP contribution in [0.5, 0.6) is 0 Å². The van der Waals surface area contributed by atoms with Crippen molar-refractivity contribution in [3.05, 3.63) is 54.2 Å². The summed E-state index contributed by atoms with van der Waals surface area (Å²) in [5, 5.41) is 2.96. The SMILES string of the molecule is O=C(NC[C@@H]1CO[C@H]2CN(Cc3cccnc3)C[C@@H]12)c1ccco1. The highest BCUT2D eigenvalue weighted by Gasteiger charge is 2.43. The molecule has 2 aromatic rings. The summed E-state index contributed by atoms with van der Waals surface area (Å²) in [6, 6.07) is 7.46. The van der Waals surface area contributed by atoms with Crippen LogP contribution in [0.2, 0.25) is 0 Å². The summed E-state index contributed by atoms with van der Waals surface area (Å²) >= 11 is 0. The molecule has 2 aromatic heterocycles. The predicted molar refractivity (Wildman–Crippen MR) is 87.3 cm³/mol. The van der Waals surface area contributed by atoms with Gasteiger partial charge in [-0.3, -0.25) is 14.7 Å². The molecule has 0 aliphatic carbocycles. The van der Waals surface area contributed by atoms with E-state index in [1.807, 2.05) is 12.3 Å². The van der Waals surface area contributed by atoms with Crippen molar-refractivity contribution in [3.8, 4) is 0 Å². The molecule has 2 saturated heterocycles. The summed E-state index contributed by atoms with van der Waals surface area (Å²) < 4.78 is 11.1. The van der Waals surface area contributed by atoms with Crippen LogP contribution in [0.3, 0.4) is 0 Å². The number of hydrogen-bond donors (Lipinski definition) is 1. The van der Waals surface area contributed by atoms with E-state index >= 15 is 0 Å². The number of fused-ring (bicyclic) bond motifs is 1. The molecule has 0 unspecified atom stereocenters. The summed E-state index contributed by atoms with van der Waals surface area (Å²) in [6.07, 6.45) is 5.49. The van der Waals surface area contributed by atoms with E-state index in [1.165, 1.54) is 11.8 Å². The van der Waals surface area contributed by atoms with Gasteiger partial charge in [0.15, 0.2) is 5.76 Å². The number of carbonyl (C=O) groups is 1. The number of rotatable bonds is 5.